The van der Waals surface area contributed by atoms with Gasteiger partial charge in [-0.25, -0.2) is 4.79 Å². The van der Waals surface area contributed by atoms with Gasteiger partial charge in [0.05, 0.1) is 5.56 Å². The molecular weight excluding hydrogens is 349 g/mol. The highest BCUT2D eigenvalue weighted by molar-refractivity contribution is 5.32. The number of aromatic nitrogens is 2. The zero-order valence-electron chi connectivity index (χ0n) is 14.8. The van der Waals surface area contributed by atoms with E-state index in [0.29, 0.717) is 23.4 Å². The maximum Gasteiger partial charge on any atom is 0.416 e. The minimum absolute atomic E-state index is 0.0175. The van der Waals surface area contributed by atoms with Gasteiger partial charge in [-0.1, -0.05) is 32.0 Å². The Balaban J connectivity index is 2.60. The summed E-state index contributed by atoms with van der Waals surface area (Å²) < 4.78 is 45.4. The van der Waals surface area contributed by atoms with Crippen LogP contribution in [0.5, 0.6) is 0 Å². The molecule has 8 heteroatoms. The summed E-state index contributed by atoms with van der Waals surface area (Å²) in [6.07, 6.45) is -4.44. The smallest absolute Gasteiger partial charge is 0.361 e. The topological polar surface area (TPSA) is 64.1 Å². The zero-order valence-corrected chi connectivity index (χ0v) is 14.8. The summed E-state index contributed by atoms with van der Waals surface area (Å²) in [6.45, 7) is 5.60. The van der Waals surface area contributed by atoms with E-state index in [2.05, 4.69) is 4.98 Å². The molecule has 0 radical (unpaired) electrons. The number of aromatic amines is 1. The summed E-state index contributed by atoms with van der Waals surface area (Å²) in [5.41, 5.74) is -0.862. The molecular formula is C18H21F3N2O3. The third kappa shape index (κ3) is 4.43. The molecule has 0 fully saturated rings. The molecule has 2 rings (SSSR count). The molecule has 0 aliphatic rings. The van der Waals surface area contributed by atoms with Crippen LogP contribution in [-0.4, -0.2) is 16.2 Å². The van der Waals surface area contributed by atoms with E-state index in [0.717, 1.165) is 12.1 Å². The van der Waals surface area contributed by atoms with Crippen LogP contribution in [0, 0.1) is 0 Å². The first-order chi connectivity index (χ1) is 12.1. The molecule has 0 bridgehead atoms. The second-order valence-electron chi connectivity index (χ2n) is 6.20. The van der Waals surface area contributed by atoms with Crippen molar-refractivity contribution in [3.8, 4) is 0 Å². The Bertz CT molecular complexity index is 882. The standard InChI is InChI=1S/C18H21F3N2O3/c1-4-26-10-23-14(15(11(2)3)16(24)22-17(23)25)9-12-6-5-7-13(8-12)18(19,20)21/h5-8,11H,4,9-10H2,1-3H3,(H,22,24,25). The number of hydrogen-bond donors (Lipinski definition) is 1. The SMILES string of the molecule is CCOCn1c(Cc2cccc(C(F)(F)F)c2)c(C(C)C)c(=O)[nH]c1=O. The van der Waals surface area contributed by atoms with Crippen LogP contribution < -0.4 is 11.2 Å². The van der Waals surface area contributed by atoms with Crippen molar-refractivity contribution in [1.82, 2.24) is 9.55 Å². The molecule has 0 aliphatic carbocycles. The van der Waals surface area contributed by atoms with Crippen LogP contribution in [0.25, 0.3) is 0 Å². The third-order valence-corrected chi connectivity index (χ3v) is 3.97. The fraction of sp³-hybridized carbons (Fsp3) is 0.444. The fourth-order valence-electron chi connectivity index (χ4n) is 2.79. The molecule has 0 spiro atoms. The van der Waals surface area contributed by atoms with Crippen LogP contribution in [0.2, 0.25) is 0 Å². The van der Waals surface area contributed by atoms with Gasteiger partial charge >= 0.3 is 11.9 Å². The van der Waals surface area contributed by atoms with Gasteiger partial charge in [0, 0.05) is 24.3 Å². The molecule has 26 heavy (non-hydrogen) atoms. The van der Waals surface area contributed by atoms with E-state index in [9.17, 15) is 22.8 Å². The van der Waals surface area contributed by atoms with E-state index in [-0.39, 0.29) is 19.1 Å². The summed E-state index contributed by atoms with van der Waals surface area (Å²) in [5, 5.41) is 0. The lowest BCUT2D eigenvalue weighted by atomic mass is 9.97. The van der Waals surface area contributed by atoms with Gasteiger partial charge in [-0.05, 0) is 24.5 Å². The molecule has 0 aliphatic heterocycles. The average Bonchev–Trinajstić information content (AvgIpc) is 2.53. The number of ether oxygens (including phenoxy) is 1. The van der Waals surface area contributed by atoms with Gasteiger partial charge < -0.3 is 4.74 Å². The van der Waals surface area contributed by atoms with Crippen molar-refractivity contribution in [1.29, 1.82) is 0 Å². The summed E-state index contributed by atoms with van der Waals surface area (Å²) in [6, 6.07) is 4.86. The van der Waals surface area contributed by atoms with Gasteiger partial charge in [-0.2, -0.15) is 13.2 Å². The maximum atomic E-state index is 13.0. The highest BCUT2D eigenvalue weighted by atomic mass is 19.4. The Kier molecular flexibility index (Phi) is 6.07. The molecule has 0 atom stereocenters. The van der Waals surface area contributed by atoms with Crippen LogP contribution >= 0.6 is 0 Å². The van der Waals surface area contributed by atoms with Crippen LogP contribution in [0.1, 0.15) is 49.1 Å². The van der Waals surface area contributed by atoms with E-state index in [1.165, 1.54) is 16.7 Å². The number of H-pyrrole nitrogens is 1. The van der Waals surface area contributed by atoms with Gasteiger partial charge in [0.2, 0.25) is 0 Å². The maximum absolute atomic E-state index is 13.0. The van der Waals surface area contributed by atoms with Crippen LogP contribution in [0.3, 0.4) is 0 Å². The zero-order chi connectivity index (χ0) is 19.5. The predicted octanol–water partition coefficient (Wildman–Crippen LogP) is 3.26. The van der Waals surface area contributed by atoms with Crippen molar-refractivity contribution < 1.29 is 17.9 Å². The summed E-state index contributed by atoms with van der Waals surface area (Å²) in [5.74, 6) is -0.215. The quantitative estimate of drug-likeness (QED) is 0.849. The molecule has 0 unspecified atom stereocenters. The van der Waals surface area contributed by atoms with Crippen molar-refractivity contribution in [3.63, 3.8) is 0 Å². The van der Waals surface area contributed by atoms with E-state index < -0.39 is 23.0 Å². The van der Waals surface area contributed by atoms with Gasteiger partial charge in [-0.3, -0.25) is 14.3 Å². The second-order valence-corrected chi connectivity index (χ2v) is 6.20. The molecule has 5 nitrogen and oxygen atoms in total. The lowest BCUT2D eigenvalue weighted by molar-refractivity contribution is -0.137. The fourth-order valence-corrected chi connectivity index (χ4v) is 2.79. The number of halogens is 3. The predicted molar refractivity (Wildman–Crippen MR) is 91.3 cm³/mol. The number of nitrogens with one attached hydrogen (secondary N) is 1. The van der Waals surface area contributed by atoms with Gasteiger partial charge in [-0.15, -0.1) is 0 Å². The number of benzene rings is 1. The van der Waals surface area contributed by atoms with E-state index in [1.54, 1.807) is 20.8 Å². The monoisotopic (exact) mass is 370 g/mol. The van der Waals surface area contributed by atoms with Crippen molar-refractivity contribution >= 4 is 0 Å². The van der Waals surface area contributed by atoms with Gasteiger partial charge in [0.15, 0.2) is 0 Å². The van der Waals surface area contributed by atoms with Crippen molar-refractivity contribution in [2.75, 3.05) is 6.61 Å². The second kappa shape index (κ2) is 7.90. The number of alkyl halides is 3. The van der Waals surface area contributed by atoms with Crippen LogP contribution in [0.4, 0.5) is 13.2 Å². The number of rotatable bonds is 6. The summed E-state index contributed by atoms with van der Waals surface area (Å²) in [4.78, 5) is 26.7. The number of nitrogens with zero attached hydrogens (tertiary/aromatic N) is 1. The molecule has 1 aromatic heterocycles. The van der Waals surface area contributed by atoms with Crippen LogP contribution in [0.15, 0.2) is 33.9 Å². The Morgan fingerprint density at radius 3 is 2.50 bits per heavy atom. The highest BCUT2D eigenvalue weighted by Gasteiger charge is 2.30. The van der Waals surface area contributed by atoms with Gasteiger partial charge in [0.1, 0.15) is 6.73 Å². The van der Waals surface area contributed by atoms with E-state index in [1.807, 2.05) is 0 Å². The summed E-state index contributed by atoms with van der Waals surface area (Å²) in [7, 11) is 0. The van der Waals surface area contributed by atoms with Crippen molar-refractivity contribution in [3.05, 3.63) is 67.5 Å². The highest BCUT2D eigenvalue weighted by Crippen LogP contribution is 2.30. The van der Waals surface area contributed by atoms with Crippen molar-refractivity contribution in [2.45, 2.75) is 46.0 Å². The first-order valence-electron chi connectivity index (χ1n) is 8.24. The van der Waals surface area contributed by atoms with Gasteiger partial charge in [0.25, 0.3) is 5.56 Å². The Morgan fingerprint density at radius 1 is 1.23 bits per heavy atom. The lowest BCUT2D eigenvalue weighted by Gasteiger charge is -2.18. The molecule has 2 aromatic rings. The first kappa shape index (κ1) is 20.0. The Labute approximate surface area is 148 Å². The minimum Gasteiger partial charge on any atom is -0.361 e. The molecule has 0 amide bonds. The molecule has 1 aromatic carbocycles. The molecule has 142 valence electrons. The average molecular weight is 370 g/mol. The Morgan fingerprint density at radius 2 is 1.92 bits per heavy atom. The van der Waals surface area contributed by atoms with Crippen molar-refractivity contribution in [2.24, 2.45) is 0 Å². The molecule has 0 saturated carbocycles. The van der Waals surface area contributed by atoms with E-state index in [4.69, 9.17) is 4.74 Å². The number of hydrogen-bond acceptors (Lipinski definition) is 3. The summed E-state index contributed by atoms with van der Waals surface area (Å²) >= 11 is 0. The molecule has 0 saturated heterocycles. The first-order valence-corrected chi connectivity index (χ1v) is 8.24. The normalized spacial score (nSPS) is 12.0. The minimum atomic E-state index is -4.46. The lowest BCUT2D eigenvalue weighted by Crippen LogP contribution is -2.36. The molecule has 1 N–H and O–H groups in total. The Hall–Kier alpha value is -2.35. The van der Waals surface area contributed by atoms with E-state index >= 15 is 0 Å². The third-order valence-electron chi connectivity index (χ3n) is 3.97. The van der Waals surface area contributed by atoms with Crippen LogP contribution in [-0.2, 0) is 24.1 Å². The largest absolute Gasteiger partial charge is 0.416 e. The molecule has 1 heterocycles.